The van der Waals surface area contributed by atoms with E-state index < -0.39 is 23.2 Å². The summed E-state index contributed by atoms with van der Waals surface area (Å²) in [7, 11) is 0. The maximum absolute atomic E-state index is 12.7. The third-order valence-corrected chi connectivity index (χ3v) is 3.73. The first kappa shape index (κ1) is 17.3. The molecule has 1 rings (SSSR count). The lowest BCUT2D eigenvalue weighted by molar-refractivity contribution is -0.137. The summed E-state index contributed by atoms with van der Waals surface area (Å²) in [6, 6.07) is 2.87. The summed E-state index contributed by atoms with van der Waals surface area (Å²) in [5.41, 5.74) is 9.47. The maximum Gasteiger partial charge on any atom is 0.416 e. The van der Waals surface area contributed by atoms with Crippen molar-refractivity contribution in [2.45, 2.75) is 32.5 Å². The van der Waals surface area contributed by atoms with Crippen LogP contribution in [0.1, 0.15) is 36.7 Å². The van der Waals surface area contributed by atoms with Crippen molar-refractivity contribution in [2.75, 3.05) is 11.9 Å². The van der Waals surface area contributed by atoms with Gasteiger partial charge in [-0.25, -0.2) is 0 Å². The number of benzene rings is 1. The topological polar surface area (TPSA) is 81.1 Å². The monoisotopic (exact) mass is 303 g/mol. The average molecular weight is 303 g/mol. The average Bonchev–Trinajstić information content (AvgIpc) is 2.37. The second-order valence-corrected chi connectivity index (χ2v) is 5.52. The standard InChI is InChI=1S/C14H20F3N3O/c1-8(2)13(3,7-18)20-11-5-4-9(14(15,16)17)6-10(11)12(19)21/h4-6,8,20H,7,18H2,1-3H3,(H2,19,21). The molecule has 0 aliphatic heterocycles. The summed E-state index contributed by atoms with van der Waals surface area (Å²) in [5, 5.41) is 3.04. The third-order valence-electron chi connectivity index (χ3n) is 3.73. The fourth-order valence-corrected chi connectivity index (χ4v) is 1.77. The largest absolute Gasteiger partial charge is 0.416 e. The van der Waals surface area contributed by atoms with Crippen LogP contribution in [0.4, 0.5) is 18.9 Å². The highest BCUT2D eigenvalue weighted by Crippen LogP contribution is 2.33. The van der Waals surface area contributed by atoms with Crippen molar-refractivity contribution < 1.29 is 18.0 Å². The van der Waals surface area contributed by atoms with Gasteiger partial charge in [0, 0.05) is 17.8 Å². The summed E-state index contributed by atoms with van der Waals surface area (Å²) in [4.78, 5) is 11.4. The number of hydrogen-bond acceptors (Lipinski definition) is 3. The van der Waals surface area contributed by atoms with Gasteiger partial charge in [-0.2, -0.15) is 13.2 Å². The summed E-state index contributed by atoms with van der Waals surface area (Å²) >= 11 is 0. The van der Waals surface area contributed by atoms with Gasteiger partial charge in [-0.3, -0.25) is 4.79 Å². The van der Waals surface area contributed by atoms with Gasteiger partial charge >= 0.3 is 6.18 Å². The van der Waals surface area contributed by atoms with Gasteiger partial charge in [-0.15, -0.1) is 0 Å². The van der Waals surface area contributed by atoms with E-state index >= 15 is 0 Å². The highest BCUT2D eigenvalue weighted by atomic mass is 19.4. The van der Waals surface area contributed by atoms with Crippen LogP contribution in [-0.4, -0.2) is 18.0 Å². The molecule has 1 atom stereocenters. The summed E-state index contributed by atoms with van der Waals surface area (Å²) in [5.74, 6) is -0.822. The van der Waals surface area contributed by atoms with E-state index in [1.54, 1.807) is 0 Å². The lowest BCUT2D eigenvalue weighted by Crippen LogP contribution is -2.47. The molecule has 4 nitrogen and oxygen atoms in total. The highest BCUT2D eigenvalue weighted by Gasteiger charge is 2.33. The molecule has 0 aliphatic carbocycles. The molecule has 0 saturated heterocycles. The molecular weight excluding hydrogens is 283 g/mol. The van der Waals surface area contributed by atoms with Crippen molar-refractivity contribution in [1.82, 2.24) is 0 Å². The summed E-state index contributed by atoms with van der Waals surface area (Å²) in [6.07, 6.45) is -4.53. The molecule has 1 unspecified atom stereocenters. The zero-order valence-corrected chi connectivity index (χ0v) is 12.2. The first-order valence-corrected chi connectivity index (χ1v) is 6.50. The smallest absolute Gasteiger partial charge is 0.378 e. The molecule has 0 aromatic heterocycles. The number of anilines is 1. The first-order chi connectivity index (χ1) is 9.51. The number of primary amides is 1. The number of nitrogens with one attached hydrogen (secondary N) is 1. The number of carbonyl (C=O) groups excluding carboxylic acids is 1. The molecule has 118 valence electrons. The predicted molar refractivity (Wildman–Crippen MR) is 75.9 cm³/mol. The van der Waals surface area contributed by atoms with Gasteiger partial charge in [0.15, 0.2) is 0 Å². The number of rotatable bonds is 5. The Balaban J connectivity index is 3.28. The van der Waals surface area contributed by atoms with Crippen LogP contribution in [0, 0.1) is 5.92 Å². The fourth-order valence-electron chi connectivity index (χ4n) is 1.77. The SMILES string of the molecule is CC(C)C(C)(CN)Nc1ccc(C(F)(F)F)cc1C(N)=O. The Hall–Kier alpha value is -1.76. The first-order valence-electron chi connectivity index (χ1n) is 6.50. The van der Waals surface area contributed by atoms with Gasteiger partial charge in [-0.1, -0.05) is 13.8 Å². The Labute approximate surface area is 121 Å². The fraction of sp³-hybridized carbons (Fsp3) is 0.500. The summed E-state index contributed by atoms with van der Waals surface area (Å²) in [6.45, 7) is 5.94. The Bertz CT molecular complexity index is 529. The van der Waals surface area contributed by atoms with Gasteiger partial charge < -0.3 is 16.8 Å². The Morgan fingerprint density at radius 3 is 2.29 bits per heavy atom. The van der Waals surface area contributed by atoms with E-state index in [0.717, 1.165) is 12.1 Å². The normalized spacial score (nSPS) is 14.9. The van der Waals surface area contributed by atoms with Crippen molar-refractivity contribution in [1.29, 1.82) is 0 Å². The number of alkyl halides is 3. The lowest BCUT2D eigenvalue weighted by atomic mass is 9.88. The molecule has 0 bridgehead atoms. The molecule has 5 N–H and O–H groups in total. The third kappa shape index (κ3) is 3.87. The minimum atomic E-state index is -4.53. The Kier molecular flexibility index (Phi) is 4.88. The molecule has 0 heterocycles. The second-order valence-electron chi connectivity index (χ2n) is 5.52. The quantitative estimate of drug-likeness (QED) is 0.782. The minimum Gasteiger partial charge on any atom is -0.378 e. The van der Waals surface area contributed by atoms with Crippen LogP contribution in [-0.2, 0) is 6.18 Å². The van der Waals surface area contributed by atoms with Gasteiger partial charge in [0.2, 0.25) is 0 Å². The van der Waals surface area contributed by atoms with E-state index in [1.807, 2.05) is 20.8 Å². The van der Waals surface area contributed by atoms with Crippen LogP contribution in [0.2, 0.25) is 0 Å². The molecule has 0 fully saturated rings. The molecule has 0 spiro atoms. The van der Waals surface area contributed by atoms with Gasteiger partial charge in [0.05, 0.1) is 11.1 Å². The lowest BCUT2D eigenvalue weighted by Gasteiger charge is -2.35. The molecule has 1 aromatic rings. The van der Waals surface area contributed by atoms with Crippen molar-refractivity contribution >= 4 is 11.6 Å². The van der Waals surface area contributed by atoms with E-state index in [-0.39, 0.29) is 23.7 Å². The van der Waals surface area contributed by atoms with Gasteiger partial charge in [-0.05, 0) is 31.0 Å². The molecule has 1 amide bonds. The van der Waals surface area contributed by atoms with Crippen LogP contribution < -0.4 is 16.8 Å². The molecule has 7 heteroatoms. The molecule has 0 radical (unpaired) electrons. The van der Waals surface area contributed by atoms with E-state index in [9.17, 15) is 18.0 Å². The van der Waals surface area contributed by atoms with Gasteiger partial charge in [0.25, 0.3) is 5.91 Å². The predicted octanol–water partition coefficient (Wildman–Crippen LogP) is 2.59. The van der Waals surface area contributed by atoms with Crippen LogP contribution in [0.5, 0.6) is 0 Å². The molecule has 1 aromatic carbocycles. The van der Waals surface area contributed by atoms with E-state index in [1.165, 1.54) is 6.07 Å². The van der Waals surface area contributed by atoms with Crippen molar-refractivity contribution in [2.24, 2.45) is 17.4 Å². The zero-order chi connectivity index (χ0) is 16.4. The van der Waals surface area contributed by atoms with Gasteiger partial charge in [0.1, 0.15) is 0 Å². The molecule has 0 saturated carbocycles. The van der Waals surface area contributed by atoms with E-state index in [4.69, 9.17) is 11.5 Å². The maximum atomic E-state index is 12.7. The molecular formula is C14H20F3N3O. The minimum absolute atomic E-state index is 0.102. The Morgan fingerprint density at radius 1 is 1.33 bits per heavy atom. The van der Waals surface area contributed by atoms with Crippen LogP contribution in [0.25, 0.3) is 0 Å². The number of hydrogen-bond donors (Lipinski definition) is 3. The van der Waals surface area contributed by atoms with E-state index in [0.29, 0.717) is 0 Å². The van der Waals surface area contributed by atoms with Crippen LogP contribution >= 0.6 is 0 Å². The number of nitrogens with two attached hydrogens (primary N) is 2. The van der Waals surface area contributed by atoms with E-state index in [2.05, 4.69) is 5.32 Å². The summed E-state index contributed by atoms with van der Waals surface area (Å²) < 4.78 is 38.1. The van der Waals surface area contributed by atoms with Crippen molar-refractivity contribution in [3.05, 3.63) is 29.3 Å². The highest BCUT2D eigenvalue weighted by molar-refractivity contribution is 5.98. The number of carbonyl (C=O) groups is 1. The zero-order valence-electron chi connectivity index (χ0n) is 12.2. The Morgan fingerprint density at radius 2 is 1.90 bits per heavy atom. The van der Waals surface area contributed by atoms with Crippen LogP contribution in [0.3, 0.4) is 0 Å². The van der Waals surface area contributed by atoms with Crippen molar-refractivity contribution in [3.63, 3.8) is 0 Å². The second kappa shape index (κ2) is 5.93. The molecule has 0 aliphatic rings. The van der Waals surface area contributed by atoms with Crippen molar-refractivity contribution in [3.8, 4) is 0 Å². The number of halogens is 3. The number of amides is 1. The van der Waals surface area contributed by atoms with Crippen LogP contribution in [0.15, 0.2) is 18.2 Å². The molecule has 21 heavy (non-hydrogen) atoms.